The average molecular weight is 801 g/mol. The van der Waals surface area contributed by atoms with E-state index in [-0.39, 0.29) is 46.8 Å². The first-order chi connectivity index (χ1) is 26.7. The van der Waals surface area contributed by atoms with Gasteiger partial charge < -0.3 is 29.9 Å². The summed E-state index contributed by atoms with van der Waals surface area (Å²) < 4.78 is 11.0. The molecule has 1 fully saturated rings. The number of aliphatic hydroxyl groups is 4. The first-order valence-electron chi connectivity index (χ1n) is 21.5. The van der Waals surface area contributed by atoms with Gasteiger partial charge in [0.25, 0.3) is 0 Å². The van der Waals surface area contributed by atoms with Gasteiger partial charge in [-0.25, -0.2) is 0 Å². The molecule has 0 heterocycles. The zero-order chi connectivity index (χ0) is 43.5. The molecule has 0 bridgehead atoms. The first-order valence-corrected chi connectivity index (χ1v) is 21.5. The van der Waals surface area contributed by atoms with Gasteiger partial charge in [0.15, 0.2) is 17.4 Å². The van der Waals surface area contributed by atoms with E-state index in [1.54, 1.807) is 34.0 Å². The number of Topliss-reactive ketones (excluding diaryl/α,β-unsaturated/α-hetero) is 3. The molecule has 9 heteroatoms. The molecule has 326 valence electrons. The number of aliphatic hydroxyl groups excluding tert-OH is 2. The first kappa shape index (κ1) is 52.5. The molecule has 1 aliphatic rings. The summed E-state index contributed by atoms with van der Waals surface area (Å²) in [7, 11) is 3.08. The Hall–Kier alpha value is -2.53. The van der Waals surface area contributed by atoms with Crippen LogP contribution in [0.15, 0.2) is 59.3 Å². The maximum absolute atomic E-state index is 13.4. The lowest BCUT2D eigenvalue weighted by atomic mass is 9.79. The maximum atomic E-state index is 13.4. The monoisotopic (exact) mass is 801 g/mol. The summed E-state index contributed by atoms with van der Waals surface area (Å²) in [6.07, 6.45) is 19.5. The molecule has 6 unspecified atom stereocenters. The minimum Gasteiger partial charge on any atom is -0.390 e. The molecule has 1 saturated carbocycles. The molecule has 0 radical (unpaired) electrons. The summed E-state index contributed by atoms with van der Waals surface area (Å²) in [5.41, 5.74) is 1.85. The number of ether oxygens (including phenoxy) is 2. The Morgan fingerprint density at radius 2 is 1.51 bits per heavy atom. The van der Waals surface area contributed by atoms with E-state index in [2.05, 4.69) is 39.8 Å². The van der Waals surface area contributed by atoms with Crippen LogP contribution in [-0.4, -0.2) is 82.2 Å². The SMILES string of the molecule is C/C=C(\C(C)=O)C(O)(O)C(C)CCCCC(C)/C(C)=C/C=C/C=C/[C@@H](C)CC(C)C(=O)[C@H](OC)C(O)/C(C)=C/[C@@H](C)C(=O)CC[C@H](C)CC1CC[C@@H](O)C(OC)C1. The Balaban J connectivity index is 2.58. The highest BCUT2D eigenvalue weighted by atomic mass is 16.5. The minimum absolute atomic E-state index is 0.0441. The van der Waals surface area contributed by atoms with Gasteiger partial charge in [-0.15, -0.1) is 0 Å². The van der Waals surface area contributed by atoms with Crippen molar-refractivity contribution in [3.8, 4) is 0 Å². The number of rotatable bonds is 27. The van der Waals surface area contributed by atoms with E-state index in [1.807, 2.05) is 32.1 Å². The highest BCUT2D eigenvalue weighted by Gasteiger charge is 2.37. The van der Waals surface area contributed by atoms with Crippen LogP contribution in [-0.2, 0) is 23.9 Å². The Labute approximate surface area is 345 Å². The quantitative estimate of drug-likeness (QED) is 0.0210. The Kier molecular flexibility index (Phi) is 24.4. The molecule has 0 spiro atoms. The van der Waals surface area contributed by atoms with Crippen molar-refractivity contribution in [3.63, 3.8) is 0 Å². The lowest BCUT2D eigenvalue weighted by Gasteiger charge is -2.33. The Bertz CT molecular complexity index is 1390. The third-order valence-corrected chi connectivity index (χ3v) is 12.4. The number of carbonyl (C=O) groups excluding carboxylic acids is 3. The van der Waals surface area contributed by atoms with E-state index >= 15 is 0 Å². The third kappa shape index (κ3) is 18.1. The van der Waals surface area contributed by atoms with Crippen molar-refractivity contribution in [2.75, 3.05) is 14.2 Å². The predicted octanol–water partition coefficient (Wildman–Crippen LogP) is 8.84. The average Bonchev–Trinajstić information content (AvgIpc) is 3.15. The number of methoxy groups -OCH3 is 2. The Morgan fingerprint density at radius 3 is 2.11 bits per heavy atom. The van der Waals surface area contributed by atoms with Crippen molar-refractivity contribution in [2.24, 2.45) is 41.4 Å². The second-order valence-electron chi connectivity index (χ2n) is 17.4. The normalized spacial score (nSPS) is 23.2. The molecule has 0 saturated heterocycles. The van der Waals surface area contributed by atoms with Crippen LogP contribution in [0.5, 0.6) is 0 Å². The van der Waals surface area contributed by atoms with Crippen molar-refractivity contribution in [2.45, 2.75) is 170 Å². The molecule has 1 aliphatic carbocycles. The van der Waals surface area contributed by atoms with E-state index < -0.39 is 30.0 Å². The summed E-state index contributed by atoms with van der Waals surface area (Å²) in [5, 5.41) is 42.3. The summed E-state index contributed by atoms with van der Waals surface area (Å²) in [5.74, 6) is -2.32. The molecular weight excluding hydrogens is 721 g/mol. The Morgan fingerprint density at radius 1 is 0.860 bits per heavy atom. The van der Waals surface area contributed by atoms with Gasteiger partial charge in [-0.2, -0.15) is 0 Å². The minimum atomic E-state index is -2.11. The van der Waals surface area contributed by atoms with Crippen molar-refractivity contribution < 1.29 is 44.3 Å². The zero-order valence-corrected chi connectivity index (χ0v) is 37.5. The zero-order valence-electron chi connectivity index (χ0n) is 37.5. The van der Waals surface area contributed by atoms with Crippen LogP contribution in [0.2, 0.25) is 0 Å². The van der Waals surface area contributed by atoms with Crippen LogP contribution in [0.4, 0.5) is 0 Å². The summed E-state index contributed by atoms with van der Waals surface area (Å²) in [4.78, 5) is 38.3. The van der Waals surface area contributed by atoms with Crippen molar-refractivity contribution in [1.29, 1.82) is 0 Å². The lowest BCUT2D eigenvalue weighted by molar-refractivity contribution is -0.170. The van der Waals surface area contributed by atoms with Crippen molar-refractivity contribution in [3.05, 3.63) is 59.3 Å². The largest absolute Gasteiger partial charge is 0.390 e. The highest BCUT2D eigenvalue weighted by molar-refractivity contribution is 5.94. The van der Waals surface area contributed by atoms with Gasteiger partial charge in [0.05, 0.1) is 12.2 Å². The van der Waals surface area contributed by atoms with Crippen LogP contribution in [0.3, 0.4) is 0 Å². The fourth-order valence-corrected chi connectivity index (χ4v) is 8.18. The standard InChI is InChI=1S/C48H80O9/c1-13-41(39(10)49)48(54,55)38(9)22-18-17-21-34(5)33(4)20-16-14-15-19-31(2)27-36(7)45(52)47(57-12)46(53)37(8)29-35(6)42(50)25-23-32(3)28-40-24-26-43(51)44(30-40)56-11/h13-16,19-20,29,31-32,34-36,38,40,43-44,46-47,51,53-55H,17-18,21-28,30H2,1-12H3/b16-14+,19-15+,33-20+,37-29+,41-13+/t31-,32+,34?,35-,36?,38?,40?,43-,44?,46?,47+/m1/s1. The maximum Gasteiger partial charge on any atom is 0.195 e. The summed E-state index contributed by atoms with van der Waals surface area (Å²) >= 11 is 0. The smallest absolute Gasteiger partial charge is 0.195 e. The number of hydrogen-bond donors (Lipinski definition) is 4. The van der Waals surface area contributed by atoms with Gasteiger partial charge >= 0.3 is 0 Å². The number of hydrogen-bond acceptors (Lipinski definition) is 9. The van der Waals surface area contributed by atoms with Gasteiger partial charge in [0.1, 0.15) is 18.0 Å². The second-order valence-corrected chi connectivity index (χ2v) is 17.4. The van der Waals surface area contributed by atoms with Gasteiger partial charge in [-0.1, -0.05) is 102 Å². The highest BCUT2D eigenvalue weighted by Crippen LogP contribution is 2.33. The fourth-order valence-electron chi connectivity index (χ4n) is 8.18. The third-order valence-electron chi connectivity index (χ3n) is 12.4. The number of allylic oxidation sites excluding steroid dienone is 8. The molecule has 1 rings (SSSR count). The van der Waals surface area contributed by atoms with E-state index in [0.29, 0.717) is 42.6 Å². The molecule has 0 aromatic rings. The van der Waals surface area contributed by atoms with Gasteiger partial charge in [0, 0.05) is 44.0 Å². The summed E-state index contributed by atoms with van der Waals surface area (Å²) in [6.45, 7) is 18.7. The van der Waals surface area contributed by atoms with E-state index in [0.717, 1.165) is 51.4 Å². The van der Waals surface area contributed by atoms with E-state index in [9.17, 15) is 34.8 Å². The van der Waals surface area contributed by atoms with Crippen molar-refractivity contribution >= 4 is 17.3 Å². The lowest BCUT2D eigenvalue weighted by Crippen LogP contribution is -2.40. The van der Waals surface area contributed by atoms with Crippen molar-refractivity contribution in [1.82, 2.24) is 0 Å². The molecule has 0 aromatic carbocycles. The molecule has 0 aromatic heterocycles. The molecule has 0 aliphatic heterocycles. The van der Waals surface area contributed by atoms with Crippen LogP contribution in [0.25, 0.3) is 0 Å². The molecule has 57 heavy (non-hydrogen) atoms. The molecule has 9 nitrogen and oxygen atoms in total. The second kappa shape index (κ2) is 26.5. The number of unbranched alkanes of at least 4 members (excludes halogenated alkanes) is 1. The molecular formula is C48H80O9. The van der Waals surface area contributed by atoms with Crippen LogP contribution >= 0.6 is 0 Å². The van der Waals surface area contributed by atoms with Gasteiger partial charge in [0.2, 0.25) is 0 Å². The van der Waals surface area contributed by atoms with E-state index in [1.165, 1.54) is 25.7 Å². The van der Waals surface area contributed by atoms with Crippen LogP contribution in [0, 0.1) is 41.4 Å². The van der Waals surface area contributed by atoms with Gasteiger partial charge in [-0.3, -0.25) is 14.4 Å². The number of carbonyl (C=O) groups is 3. The predicted molar refractivity (Wildman–Crippen MR) is 230 cm³/mol. The van der Waals surface area contributed by atoms with Crippen LogP contribution < -0.4 is 0 Å². The number of ketones is 3. The molecule has 11 atom stereocenters. The molecule has 0 amide bonds. The van der Waals surface area contributed by atoms with Crippen LogP contribution in [0.1, 0.15) is 140 Å². The topological polar surface area (TPSA) is 151 Å². The molecule has 4 N–H and O–H groups in total. The fraction of sp³-hybridized carbons (Fsp3) is 0.729. The van der Waals surface area contributed by atoms with E-state index in [4.69, 9.17) is 9.47 Å². The summed E-state index contributed by atoms with van der Waals surface area (Å²) in [6, 6.07) is 0. The van der Waals surface area contributed by atoms with Gasteiger partial charge in [-0.05, 0) is 108 Å².